The number of carbonyl (C=O) groups is 1. The average molecular weight is 315 g/mol. The largest absolute Gasteiger partial charge is 0.506 e. The van der Waals surface area contributed by atoms with Crippen LogP contribution >= 0.6 is 0 Å². The van der Waals surface area contributed by atoms with E-state index in [1.54, 1.807) is 24.3 Å². The number of methoxy groups -OCH3 is 2. The molecular weight excluding hydrogens is 298 g/mol. The van der Waals surface area contributed by atoms with Crippen LogP contribution in [0.1, 0.15) is 27.7 Å². The number of cyclic esters (lactones) is 1. The minimum Gasteiger partial charge on any atom is -0.506 e. The first-order valence-electron chi connectivity index (χ1n) is 7.07. The van der Waals surface area contributed by atoms with Crippen LogP contribution in [-0.4, -0.2) is 25.3 Å². The van der Waals surface area contributed by atoms with Crippen LogP contribution in [0.3, 0.4) is 0 Å². The molecule has 6 nitrogen and oxygen atoms in total. The highest BCUT2D eigenvalue weighted by atomic mass is 16.6. The maximum atomic E-state index is 12.2. The van der Waals surface area contributed by atoms with Crippen molar-refractivity contribution >= 4 is 11.7 Å². The third-order valence-corrected chi connectivity index (χ3v) is 3.82. The second-order valence-corrected chi connectivity index (χ2v) is 5.16. The van der Waals surface area contributed by atoms with Gasteiger partial charge in [0.1, 0.15) is 11.3 Å². The Bertz CT molecular complexity index is 752. The van der Waals surface area contributed by atoms with E-state index in [-0.39, 0.29) is 5.75 Å². The number of aromatic hydroxyl groups is 1. The Labute approximate surface area is 133 Å². The van der Waals surface area contributed by atoms with E-state index in [0.29, 0.717) is 28.3 Å². The fraction of sp³-hybridized carbons (Fsp3) is 0.235. The van der Waals surface area contributed by atoms with Crippen molar-refractivity contribution in [2.45, 2.75) is 13.2 Å². The number of nitrogens with one attached hydrogen (secondary N) is 1. The quantitative estimate of drug-likeness (QED) is 0.667. The number of esters is 1. The number of aryl methyl sites for hydroxylation is 1. The number of hydrogen-bond donors (Lipinski definition) is 2. The smallest absolute Gasteiger partial charge is 0.344 e. The van der Waals surface area contributed by atoms with Crippen LogP contribution < -0.4 is 14.8 Å². The molecular formula is C17H17NO5. The Morgan fingerprint density at radius 2 is 1.96 bits per heavy atom. The molecule has 2 N–H and O–H groups in total. The van der Waals surface area contributed by atoms with Gasteiger partial charge in [-0.3, -0.25) is 0 Å². The normalized spacial score (nSPS) is 15.8. The number of phenolic OH excluding ortho intramolecular Hbond substituents is 1. The number of ether oxygens (including phenoxy) is 3. The van der Waals surface area contributed by atoms with Crippen LogP contribution in [0.4, 0.5) is 5.69 Å². The molecule has 0 saturated carbocycles. The van der Waals surface area contributed by atoms with Crippen LogP contribution in [0, 0.1) is 6.92 Å². The molecule has 1 aliphatic heterocycles. The summed E-state index contributed by atoms with van der Waals surface area (Å²) in [5.41, 5.74) is 2.33. The summed E-state index contributed by atoms with van der Waals surface area (Å²) in [6.07, 6.45) is -0.704. The summed E-state index contributed by atoms with van der Waals surface area (Å²) in [5.74, 6) is 0.396. The van der Waals surface area contributed by atoms with Crippen molar-refractivity contribution in [3.8, 4) is 17.2 Å². The zero-order valence-electron chi connectivity index (χ0n) is 13.0. The molecule has 1 heterocycles. The average Bonchev–Trinajstić information content (AvgIpc) is 2.86. The summed E-state index contributed by atoms with van der Waals surface area (Å²) in [6.45, 7) is 1.86. The van der Waals surface area contributed by atoms with Crippen LogP contribution in [0.15, 0.2) is 30.3 Å². The molecule has 23 heavy (non-hydrogen) atoms. The van der Waals surface area contributed by atoms with Crippen molar-refractivity contribution in [2.75, 3.05) is 19.5 Å². The van der Waals surface area contributed by atoms with E-state index >= 15 is 0 Å². The first-order chi connectivity index (χ1) is 11.1. The zero-order valence-corrected chi connectivity index (χ0v) is 13.0. The Balaban J connectivity index is 2.02. The molecule has 1 atom stereocenters. The SMILES string of the molecule is COc1ccc2c(c1OC)C(=O)O[C@@H]2Nc1c(C)cccc1O. The summed E-state index contributed by atoms with van der Waals surface area (Å²) in [6, 6.07) is 8.63. The number of para-hydroxylation sites is 1. The van der Waals surface area contributed by atoms with Gasteiger partial charge in [0.25, 0.3) is 0 Å². The number of hydrogen-bond acceptors (Lipinski definition) is 6. The summed E-state index contributed by atoms with van der Waals surface area (Å²) in [7, 11) is 2.98. The number of anilines is 1. The molecule has 2 aromatic rings. The Morgan fingerprint density at radius 3 is 2.61 bits per heavy atom. The van der Waals surface area contributed by atoms with E-state index < -0.39 is 12.2 Å². The van der Waals surface area contributed by atoms with E-state index in [9.17, 15) is 9.90 Å². The Morgan fingerprint density at radius 1 is 1.17 bits per heavy atom. The molecule has 0 aromatic heterocycles. The number of fused-ring (bicyclic) bond motifs is 1. The van der Waals surface area contributed by atoms with E-state index in [1.165, 1.54) is 14.2 Å². The van der Waals surface area contributed by atoms with Gasteiger partial charge in [-0.1, -0.05) is 12.1 Å². The van der Waals surface area contributed by atoms with Gasteiger partial charge in [0.15, 0.2) is 11.5 Å². The lowest BCUT2D eigenvalue weighted by molar-refractivity contribution is 0.0434. The van der Waals surface area contributed by atoms with Gasteiger partial charge in [0, 0.05) is 5.56 Å². The molecule has 0 spiro atoms. The van der Waals surface area contributed by atoms with E-state index in [0.717, 1.165) is 5.56 Å². The molecule has 0 unspecified atom stereocenters. The summed E-state index contributed by atoms with van der Waals surface area (Å²) in [4.78, 5) is 12.2. The minimum absolute atomic E-state index is 0.0926. The van der Waals surface area contributed by atoms with Gasteiger partial charge in [0.2, 0.25) is 6.23 Å². The number of rotatable bonds is 4. The summed E-state index contributed by atoms with van der Waals surface area (Å²) < 4.78 is 15.9. The highest BCUT2D eigenvalue weighted by Crippen LogP contribution is 2.43. The zero-order chi connectivity index (χ0) is 16.6. The first-order valence-corrected chi connectivity index (χ1v) is 7.07. The van der Waals surface area contributed by atoms with Gasteiger partial charge >= 0.3 is 5.97 Å². The van der Waals surface area contributed by atoms with Crippen molar-refractivity contribution in [3.05, 3.63) is 47.0 Å². The van der Waals surface area contributed by atoms with Crippen LogP contribution in [0.2, 0.25) is 0 Å². The topological polar surface area (TPSA) is 77.0 Å². The maximum absolute atomic E-state index is 12.2. The Kier molecular flexibility index (Phi) is 3.73. The third-order valence-electron chi connectivity index (χ3n) is 3.82. The van der Waals surface area contributed by atoms with E-state index in [1.807, 2.05) is 13.0 Å². The van der Waals surface area contributed by atoms with Gasteiger partial charge in [-0.15, -0.1) is 0 Å². The molecule has 1 aliphatic rings. The lowest BCUT2D eigenvalue weighted by Gasteiger charge is -2.17. The van der Waals surface area contributed by atoms with E-state index in [4.69, 9.17) is 14.2 Å². The highest BCUT2D eigenvalue weighted by Gasteiger charge is 2.36. The lowest BCUT2D eigenvalue weighted by Crippen LogP contribution is -2.11. The van der Waals surface area contributed by atoms with Crippen LogP contribution in [-0.2, 0) is 4.74 Å². The second-order valence-electron chi connectivity index (χ2n) is 5.16. The number of benzene rings is 2. The fourth-order valence-corrected chi connectivity index (χ4v) is 2.68. The van der Waals surface area contributed by atoms with Gasteiger partial charge in [-0.2, -0.15) is 0 Å². The molecule has 2 aromatic carbocycles. The third kappa shape index (κ3) is 2.42. The molecule has 120 valence electrons. The van der Waals surface area contributed by atoms with Gasteiger partial charge in [-0.05, 0) is 30.7 Å². The van der Waals surface area contributed by atoms with Crippen molar-refractivity contribution in [3.63, 3.8) is 0 Å². The Hall–Kier alpha value is -2.89. The minimum atomic E-state index is -0.704. The fourth-order valence-electron chi connectivity index (χ4n) is 2.68. The lowest BCUT2D eigenvalue weighted by atomic mass is 10.1. The van der Waals surface area contributed by atoms with Crippen molar-refractivity contribution in [1.82, 2.24) is 0 Å². The van der Waals surface area contributed by atoms with E-state index in [2.05, 4.69) is 5.32 Å². The molecule has 3 rings (SSSR count). The molecule has 0 fully saturated rings. The van der Waals surface area contributed by atoms with Crippen LogP contribution in [0.5, 0.6) is 17.2 Å². The summed E-state index contributed by atoms with van der Waals surface area (Å²) in [5, 5.41) is 13.1. The first kappa shape index (κ1) is 15.0. The summed E-state index contributed by atoms with van der Waals surface area (Å²) >= 11 is 0. The number of carbonyl (C=O) groups excluding carboxylic acids is 1. The van der Waals surface area contributed by atoms with Gasteiger partial charge in [-0.25, -0.2) is 4.79 Å². The molecule has 0 amide bonds. The predicted molar refractivity (Wildman–Crippen MR) is 84.2 cm³/mol. The molecule has 0 radical (unpaired) electrons. The number of phenols is 1. The van der Waals surface area contributed by atoms with Gasteiger partial charge < -0.3 is 24.6 Å². The monoisotopic (exact) mass is 315 g/mol. The van der Waals surface area contributed by atoms with Crippen molar-refractivity contribution in [2.24, 2.45) is 0 Å². The van der Waals surface area contributed by atoms with Crippen molar-refractivity contribution in [1.29, 1.82) is 0 Å². The maximum Gasteiger partial charge on any atom is 0.344 e. The molecule has 0 saturated heterocycles. The van der Waals surface area contributed by atoms with Crippen molar-refractivity contribution < 1.29 is 24.1 Å². The molecule has 0 aliphatic carbocycles. The van der Waals surface area contributed by atoms with Crippen LogP contribution in [0.25, 0.3) is 0 Å². The second kappa shape index (κ2) is 5.72. The molecule has 6 heteroatoms. The van der Waals surface area contributed by atoms with Gasteiger partial charge in [0.05, 0.1) is 19.9 Å². The standard InChI is InChI=1S/C17H17NO5/c1-9-5-4-6-11(19)14(9)18-16-10-7-8-12(21-2)15(22-3)13(10)17(20)23-16/h4-8,16,18-19H,1-3H3/t16-/m0/s1. The predicted octanol–water partition coefficient (Wildman–Crippen LogP) is 3.00. The molecule has 0 bridgehead atoms. The highest BCUT2D eigenvalue weighted by molar-refractivity contribution is 5.98.